The van der Waals surface area contributed by atoms with Crippen molar-refractivity contribution in [1.29, 1.82) is 0 Å². The second-order valence-corrected chi connectivity index (χ2v) is 6.64. The summed E-state index contributed by atoms with van der Waals surface area (Å²) in [6, 6.07) is 5.28. The van der Waals surface area contributed by atoms with Crippen LogP contribution in [0.25, 0.3) is 22.4 Å². The molecule has 4 N–H and O–H groups in total. The maximum absolute atomic E-state index is 13.1. The summed E-state index contributed by atoms with van der Waals surface area (Å²) in [5, 5.41) is 0.367. The third-order valence-corrected chi connectivity index (χ3v) is 4.37. The number of hydrogen-bond acceptors (Lipinski definition) is 9. The predicted octanol–water partition coefficient (Wildman–Crippen LogP) is 4.16. The summed E-state index contributed by atoms with van der Waals surface area (Å²) >= 11 is 0. The van der Waals surface area contributed by atoms with Crippen molar-refractivity contribution in [3.8, 4) is 17.2 Å². The number of nitrogens with one attached hydrogen (secondary N) is 2. The van der Waals surface area contributed by atoms with E-state index in [0.29, 0.717) is 24.2 Å². The molecule has 0 atom stereocenters. The number of anilines is 2. The molecule has 0 saturated heterocycles. The molecule has 0 spiro atoms. The summed E-state index contributed by atoms with van der Waals surface area (Å²) in [4.78, 5) is 18.5. The van der Waals surface area contributed by atoms with Gasteiger partial charge in [-0.05, 0) is 37.1 Å². The molecule has 3 rings (SSSR count). The van der Waals surface area contributed by atoms with Gasteiger partial charge in [0, 0.05) is 17.5 Å². The van der Waals surface area contributed by atoms with Gasteiger partial charge >= 0.3 is 6.18 Å². The van der Waals surface area contributed by atoms with Gasteiger partial charge in [0.2, 0.25) is 17.6 Å². The Kier molecular flexibility index (Phi) is 7.72. The zero-order chi connectivity index (χ0) is 23.1. The van der Waals surface area contributed by atoms with Crippen molar-refractivity contribution < 1.29 is 32.0 Å². The second kappa shape index (κ2) is 10.5. The Morgan fingerprint density at radius 2 is 1.81 bits per heavy atom. The molecule has 0 aliphatic rings. The van der Waals surface area contributed by atoms with Gasteiger partial charge in [0.15, 0.2) is 0 Å². The molecule has 174 valence electrons. The fraction of sp³-hybridized carbons (Fsp3) is 0.400. The van der Waals surface area contributed by atoms with Gasteiger partial charge in [-0.1, -0.05) is 6.92 Å². The molecule has 0 unspecified atom stereocenters. The fourth-order valence-corrected chi connectivity index (χ4v) is 2.86. The summed E-state index contributed by atoms with van der Waals surface area (Å²) in [6.07, 6.45) is -3.06. The molecule has 0 radical (unpaired) electrons. The van der Waals surface area contributed by atoms with Crippen molar-refractivity contribution in [2.75, 3.05) is 38.1 Å². The van der Waals surface area contributed by atoms with Crippen LogP contribution in [-0.4, -0.2) is 36.8 Å². The number of fused-ring (bicyclic) bond motifs is 1. The van der Waals surface area contributed by atoms with Crippen molar-refractivity contribution in [2.24, 2.45) is 0 Å². The molecule has 3 aromatic rings. The summed E-state index contributed by atoms with van der Waals surface area (Å²) in [6.45, 7) is 3.61. The molecule has 32 heavy (non-hydrogen) atoms. The number of nitrogens with two attached hydrogens (primary N) is 1. The topological polar surface area (TPSA) is 117 Å². The molecule has 0 fully saturated rings. The number of nitrogen functional groups attached to an aromatic ring is 1. The van der Waals surface area contributed by atoms with Crippen LogP contribution in [-0.2, 0) is 15.9 Å². The Morgan fingerprint density at radius 3 is 2.50 bits per heavy atom. The van der Waals surface area contributed by atoms with Gasteiger partial charge in [-0.15, -0.1) is 0 Å². The summed E-state index contributed by atoms with van der Waals surface area (Å²) in [5.41, 5.74) is 10.7. The molecule has 2 heterocycles. The lowest BCUT2D eigenvalue weighted by Gasteiger charge is -2.11. The van der Waals surface area contributed by atoms with E-state index < -0.39 is 11.9 Å². The van der Waals surface area contributed by atoms with Crippen LogP contribution in [0.3, 0.4) is 0 Å². The number of ether oxygens (including phenoxy) is 1. The van der Waals surface area contributed by atoms with Crippen LogP contribution in [0.5, 0.6) is 5.75 Å². The van der Waals surface area contributed by atoms with Crippen molar-refractivity contribution in [2.45, 2.75) is 25.9 Å². The average molecular weight is 455 g/mol. The molecule has 0 aliphatic heterocycles. The number of benzene rings is 1. The Morgan fingerprint density at radius 1 is 1.06 bits per heavy atom. The summed E-state index contributed by atoms with van der Waals surface area (Å²) in [7, 11) is 1.35. The molecule has 0 bridgehead atoms. The molecule has 12 heteroatoms. The first-order valence-electron chi connectivity index (χ1n) is 9.89. The molecule has 9 nitrogen and oxygen atoms in total. The Balaban J connectivity index is 1.75. The van der Waals surface area contributed by atoms with Crippen molar-refractivity contribution in [1.82, 2.24) is 15.4 Å². The second-order valence-electron chi connectivity index (χ2n) is 6.64. The Hall–Kier alpha value is -3.09. The molecular weight excluding hydrogens is 431 g/mol. The lowest BCUT2D eigenvalue weighted by atomic mass is 10.1. The van der Waals surface area contributed by atoms with E-state index in [2.05, 4.69) is 20.9 Å². The SMILES string of the molecule is CCNOCCCCONc1nc(-c2ccc(OC)c3nc(C(F)(F)F)ccc23)oc1N. The van der Waals surface area contributed by atoms with E-state index in [-0.39, 0.29) is 28.9 Å². The van der Waals surface area contributed by atoms with Gasteiger partial charge in [-0.25, -0.2) is 15.9 Å². The standard InChI is InChI=1S/C20H24F3N5O4/c1-3-25-30-10-4-5-11-31-28-18-17(24)32-19(27-18)13-6-8-14(29-2)16-12(13)7-9-15(26-16)20(21,22)23/h6-9,25,28H,3-5,10-11,24H2,1-2H3. The van der Waals surface area contributed by atoms with Crippen molar-refractivity contribution in [3.05, 3.63) is 30.0 Å². The number of halogens is 3. The minimum atomic E-state index is -4.59. The van der Waals surface area contributed by atoms with Crippen LogP contribution < -0.4 is 21.4 Å². The quantitative estimate of drug-likeness (QED) is 0.289. The maximum atomic E-state index is 13.1. The van der Waals surface area contributed by atoms with Gasteiger partial charge in [0.25, 0.3) is 0 Å². The number of pyridine rings is 1. The fourth-order valence-electron chi connectivity index (χ4n) is 2.86. The normalized spacial score (nSPS) is 11.8. The molecular formula is C20H24F3N5O4. The first kappa shape index (κ1) is 23.6. The van der Waals surface area contributed by atoms with Gasteiger partial charge in [-0.3, -0.25) is 4.84 Å². The first-order chi connectivity index (χ1) is 15.3. The number of methoxy groups -OCH3 is 1. The summed E-state index contributed by atoms with van der Waals surface area (Å²) in [5.74, 6) is 0.420. The number of alkyl halides is 3. The maximum Gasteiger partial charge on any atom is 0.433 e. The van der Waals surface area contributed by atoms with Crippen LogP contribution in [0.15, 0.2) is 28.7 Å². The molecule has 0 amide bonds. The monoisotopic (exact) mass is 455 g/mol. The zero-order valence-electron chi connectivity index (χ0n) is 17.6. The van der Waals surface area contributed by atoms with Crippen LogP contribution in [0.4, 0.5) is 24.9 Å². The van der Waals surface area contributed by atoms with Crippen LogP contribution >= 0.6 is 0 Å². The van der Waals surface area contributed by atoms with E-state index in [1.165, 1.54) is 19.2 Å². The largest absolute Gasteiger partial charge is 0.494 e. The van der Waals surface area contributed by atoms with Crippen LogP contribution in [0.1, 0.15) is 25.5 Å². The van der Waals surface area contributed by atoms with E-state index in [1.54, 1.807) is 6.07 Å². The van der Waals surface area contributed by atoms with Gasteiger partial charge < -0.3 is 19.7 Å². The summed E-state index contributed by atoms with van der Waals surface area (Å²) < 4.78 is 50.0. The lowest BCUT2D eigenvalue weighted by molar-refractivity contribution is -0.140. The van der Waals surface area contributed by atoms with Crippen molar-refractivity contribution >= 4 is 22.6 Å². The highest BCUT2D eigenvalue weighted by atomic mass is 19.4. The van der Waals surface area contributed by atoms with Crippen molar-refractivity contribution in [3.63, 3.8) is 0 Å². The minimum Gasteiger partial charge on any atom is -0.494 e. The predicted molar refractivity (Wildman–Crippen MR) is 112 cm³/mol. The van der Waals surface area contributed by atoms with Crippen LogP contribution in [0, 0.1) is 0 Å². The highest BCUT2D eigenvalue weighted by molar-refractivity contribution is 5.96. The molecule has 2 aromatic heterocycles. The number of nitrogens with zero attached hydrogens (tertiary/aromatic N) is 2. The lowest BCUT2D eigenvalue weighted by Crippen LogP contribution is -2.14. The number of unbranched alkanes of at least 4 members (excludes halogenated alkanes) is 1. The number of hydroxylamine groups is 1. The van der Waals surface area contributed by atoms with Gasteiger partial charge in [0.05, 0.1) is 20.3 Å². The molecule has 1 aromatic carbocycles. The van der Waals surface area contributed by atoms with E-state index in [1.807, 2.05) is 6.92 Å². The molecule has 0 aliphatic carbocycles. The smallest absolute Gasteiger partial charge is 0.433 e. The number of hydrogen-bond donors (Lipinski definition) is 3. The van der Waals surface area contributed by atoms with E-state index in [4.69, 9.17) is 24.6 Å². The van der Waals surface area contributed by atoms with E-state index in [0.717, 1.165) is 25.5 Å². The minimum absolute atomic E-state index is 0.0284. The van der Waals surface area contributed by atoms with Gasteiger partial charge in [-0.2, -0.15) is 18.2 Å². The number of aromatic nitrogens is 2. The van der Waals surface area contributed by atoms with Crippen LogP contribution in [0.2, 0.25) is 0 Å². The average Bonchev–Trinajstić information content (AvgIpc) is 3.14. The van der Waals surface area contributed by atoms with E-state index in [9.17, 15) is 13.2 Å². The van der Waals surface area contributed by atoms with Gasteiger partial charge in [0.1, 0.15) is 17.0 Å². The number of oxazole rings is 1. The Bertz CT molecular complexity index is 1040. The third kappa shape index (κ3) is 5.58. The third-order valence-electron chi connectivity index (χ3n) is 4.37. The highest BCUT2D eigenvalue weighted by Crippen LogP contribution is 2.37. The molecule has 0 saturated carbocycles. The Labute approximate surface area is 182 Å². The van der Waals surface area contributed by atoms with E-state index >= 15 is 0 Å². The highest BCUT2D eigenvalue weighted by Gasteiger charge is 2.33. The number of rotatable bonds is 11. The zero-order valence-corrected chi connectivity index (χ0v) is 17.6. The first-order valence-corrected chi connectivity index (χ1v) is 9.89.